The van der Waals surface area contributed by atoms with E-state index in [0.717, 1.165) is 22.5 Å². The van der Waals surface area contributed by atoms with Gasteiger partial charge in [-0.15, -0.1) is 0 Å². The number of thiazole rings is 1. The number of aliphatic hydroxyl groups is 1. The van der Waals surface area contributed by atoms with Crippen molar-refractivity contribution in [2.75, 3.05) is 11.5 Å². The highest BCUT2D eigenvalue weighted by Gasteiger charge is 2.48. The summed E-state index contributed by atoms with van der Waals surface area (Å²) in [6.07, 6.45) is 0. The average Bonchev–Trinajstić information content (AvgIpc) is 3.49. The van der Waals surface area contributed by atoms with E-state index in [9.17, 15) is 19.5 Å². The SMILES string of the molecule is CCOC(=O)c1sc(N2C(=O)C(=O)C(=C(O)c3ccc(C)cc3)[C@H]2c2ccc(OCc3ccccc3)cc2)nc1C. The van der Waals surface area contributed by atoms with Crippen LogP contribution in [0.2, 0.25) is 0 Å². The zero-order valence-electron chi connectivity index (χ0n) is 22.8. The van der Waals surface area contributed by atoms with Crippen LogP contribution < -0.4 is 9.64 Å². The Labute approximate surface area is 241 Å². The quantitative estimate of drug-likeness (QED) is 0.118. The summed E-state index contributed by atoms with van der Waals surface area (Å²) in [5.41, 5.74) is 3.28. The van der Waals surface area contributed by atoms with E-state index in [1.165, 1.54) is 4.90 Å². The highest BCUT2D eigenvalue weighted by atomic mass is 32.1. The van der Waals surface area contributed by atoms with Crippen molar-refractivity contribution in [1.82, 2.24) is 4.98 Å². The first kappa shape index (κ1) is 27.8. The van der Waals surface area contributed by atoms with Gasteiger partial charge in [0.25, 0.3) is 5.78 Å². The lowest BCUT2D eigenvalue weighted by Gasteiger charge is -2.23. The first-order valence-electron chi connectivity index (χ1n) is 13.1. The van der Waals surface area contributed by atoms with Crippen molar-refractivity contribution in [3.8, 4) is 5.75 Å². The van der Waals surface area contributed by atoms with Gasteiger partial charge in [0.2, 0.25) is 0 Å². The fourth-order valence-corrected chi connectivity index (χ4v) is 5.56. The number of esters is 1. The molecule has 208 valence electrons. The molecule has 41 heavy (non-hydrogen) atoms. The Balaban J connectivity index is 1.57. The summed E-state index contributed by atoms with van der Waals surface area (Å²) < 4.78 is 11.1. The van der Waals surface area contributed by atoms with E-state index in [1.807, 2.05) is 49.4 Å². The zero-order chi connectivity index (χ0) is 29.1. The molecule has 0 bridgehead atoms. The number of ether oxygens (including phenoxy) is 2. The highest BCUT2D eigenvalue weighted by Crippen LogP contribution is 2.44. The molecule has 9 heteroatoms. The lowest BCUT2D eigenvalue weighted by atomic mass is 9.95. The number of aliphatic hydroxyl groups excluding tert-OH is 1. The Bertz CT molecular complexity index is 1630. The van der Waals surface area contributed by atoms with Gasteiger partial charge in [-0.1, -0.05) is 83.6 Å². The Hall–Kier alpha value is -4.76. The van der Waals surface area contributed by atoms with E-state index in [-0.39, 0.29) is 27.9 Å². The van der Waals surface area contributed by atoms with Crippen LogP contribution in [0.25, 0.3) is 5.76 Å². The summed E-state index contributed by atoms with van der Waals surface area (Å²) in [7, 11) is 0. The maximum atomic E-state index is 13.5. The molecule has 1 saturated heterocycles. The number of nitrogens with zero attached hydrogens (tertiary/aromatic N) is 2. The van der Waals surface area contributed by atoms with Crippen LogP contribution in [0.15, 0.2) is 84.4 Å². The minimum Gasteiger partial charge on any atom is -0.507 e. The number of rotatable bonds is 8. The van der Waals surface area contributed by atoms with Crippen LogP contribution in [0.4, 0.5) is 5.13 Å². The van der Waals surface area contributed by atoms with Crippen LogP contribution in [0, 0.1) is 13.8 Å². The van der Waals surface area contributed by atoms with Crippen molar-refractivity contribution < 1.29 is 29.0 Å². The third kappa shape index (κ3) is 5.62. The van der Waals surface area contributed by atoms with Crippen LogP contribution in [-0.2, 0) is 20.9 Å². The molecule has 1 amide bonds. The summed E-state index contributed by atoms with van der Waals surface area (Å²) in [6.45, 7) is 5.82. The zero-order valence-corrected chi connectivity index (χ0v) is 23.6. The van der Waals surface area contributed by atoms with Crippen LogP contribution in [-0.4, -0.2) is 34.4 Å². The van der Waals surface area contributed by atoms with E-state index in [0.29, 0.717) is 29.2 Å². The van der Waals surface area contributed by atoms with Crippen LogP contribution >= 0.6 is 11.3 Å². The molecular formula is C32H28N2O6S. The molecule has 0 aliphatic carbocycles. The van der Waals surface area contributed by atoms with E-state index in [2.05, 4.69) is 4.98 Å². The molecule has 0 unspecified atom stereocenters. The molecule has 0 radical (unpaired) electrons. The number of carbonyl (C=O) groups excluding carboxylic acids is 3. The predicted molar refractivity (Wildman–Crippen MR) is 156 cm³/mol. The molecule has 1 aliphatic heterocycles. The molecule has 0 spiro atoms. The fraction of sp³-hybridized carbons (Fsp3) is 0.188. The number of aryl methyl sites for hydroxylation is 2. The molecule has 1 atom stereocenters. The Morgan fingerprint density at radius 2 is 1.66 bits per heavy atom. The number of benzene rings is 3. The van der Waals surface area contributed by atoms with Crippen molar-refractivity contribution in [3.63, 3.8) is 0 Å². The maximum absolute atomic E-state index is 13.5. The first-order chi connectivity index (χ1) is 19.8. The van der Waals surface area contributed by atoms with E-state index < -0.39 is 23.7 Å². The van der Waals surface area contributed by atoms with Gasteiger partial charge in [-0.05, 0) is 44.0 Å². The summed E-state index contributed by atoms with van der Waals surface area (Å²) in [6, 6.07) is 22.8. The maximum Gasteiger partial charge on any atom is 0.350 e. The lowest BCUT2D eigenvalue weighted by molar-refractivity contribution is -0.132. The van der Waals surface area contributed by atoms with Gasteiger partial charge in [0.1, 0.15) is 23.0 Å². The third-order valence-electron chi connectivity index (χ3n) is 6.67. The minimum absolute atomic E-state index is 0.0673. The molecule has 1 N–H and O–H groups in total. The first-order valence-corrected chi connectivity index (χ1v) is 13.9. The van der Waals surface area contributed by atoms with Crippen molar-refractivity contribution >= 4 is 39.9 Å². The lowest BCUT2D eigenvalue weighted by Crippen LogP contribution is -2.29. The number of aromatic nitrogens is 1. The topological polar surface area (TPSA) is 106 Å². The van der Waals surface area contributed by atoms with E-state index >= 15 is 0 Å². The second-order valence-corrected chi connectivity index (χ2v) is 10.5. The summed E-state index contributed by atoms with van der Waals surface area (Å²) in [4.78, 5) is 45.4. The summed E-state index contributed by atoms with van der Waals surface area (Å²) in [5.74, 6) is -1.94. The molecule has 8 nitrogen and oxygen atoms in total. The number of anilines is 1. The van der Waals surface area contributed by atoms with Crippen LogP contribution in [0.1, 0.15) is 50.6 Å². The minimum atomic E-state index is -0.986. The van der Waals surface area contributed by atoms with Gasteiger partial charge in [0.15, 0.2) is 5.13 Å². The molecule has 5 rings (SSSR count). The molecule has 2 heterocycles. The number of hydrogen-bond acceptors (Lipinski definition) is 8. The summed E-state index contributed by atoms with van der Waals surface area (Å²) in [5, 5.41) is 11.5. The second-order valence-electron chi connectivity index (χ2n) is 9.51. The van der Waals surface area contributed by atoms with Gasteiger partial charge in [0.05, 0.1) is 23.9 Å². The van der Waals surface area contributed by atoms with Gasteiger partial charge in [-0.25, -0.2) is 9.78 Å². The highest BCUT2D eigenvalue weighted by molar-refractivity contribution is 7.17. The van der Waals surface area contributed by atoms with Crippen LogP contribution in [0.5, 0.6) is 5.75 Å². The molecular weight excluding hydrogens is 540 g/mol. The monoisotopic (exact) mass is 568 g/mol. The van der Waals surface area contributed by atoms with E-state index in [1.54, 1.807) is 50.2 Å². The van der Waals surface area contributed by atoms with Gasteiger partial charge >= 0.3 is 11.9 Å². The molecule has 4 aromatic rings. The van der Waals surface area contributed by atoms with E-state index in [4.69, 9.17) is 9.47 Å². The second kappa shape index (κ2) is 11.8. The molecule has 0 saturated carbocycles. The van der Waals surface area contributed by atoms with Crippen LogP contribution in [0.3, 0.4) is 0 Å². The molecule has 1 aliphatic rings. The van der Waals surface area contributed by atoms with Crippen molar-refractivity contribution in [2.24, 2.45) is 0 Å². The van der Waals surface area contributed by atoms with Gasteiger partial charge in [-0.2, -0.15) is 0 Å². The standard InChI is InChI=1S/C32H28N2O6S/c1-4-39-31(38)29-20(3)33-32(41-29)34-26(22-14-16-24(17-15-22)40-18-21-8-6-5-7-9-21)25(28(36)30(34)37)27(35)23-12-10-19(2)11-13-23/h5-17,26,35H,4,18H2,1-3H3/t26-/m1/s1. The number of amides is 1. The fourth-order valence-electron chi connectivity index (χ4n) is 4.57. The Kier molecular flexibility index (Phi) is 7.98. The molecule has 1 fully saturated rings. The third-order valence-corrected chi connectivity index (χ3v) is 7.80. The smallest absolute Gasteiger partial charge is 0.350 e. The number of Topliss-reactive ketones (excluding diaryl/α,β-unsaturated/α-hetero) is 1. The summed E-state index contributed by atoms with van der Waals surface area (Å²) >= 11 is 0.968. The Morgan fingerprint density at radius 1 is 0.976 bits per heavy atom. The normalized spacial score (nSPS) is 16.2. The predicted octanol–water partition coefficient (Wildman–Crippen LogP) is 6.14. The van der Waals surface area contributed by atoms with Gasteiger partial charge < -0.3 is 14.6 Å². The number of hydrogen-bond donors (Lipinski definition) is 1. The Morgan fingerprint density at radius 3 is 2.32 bits per heavy atom. The van der Waals surface area contributed by atoms with Gasteiger partial charge in [0, 0.05) is 5.56 Å². The number of ketones is 1. The number of carbonyl (C=O) groups is 3. The van der Waals surface area contributed by atoms with Crippen molar-refractivity contribution in [3.05, 3.63) is 117 Å². The molecule has 3 aromatic carbocycles. The largest absolute Gasteiger partial charge is 0.507 e. The van der Waals surface area contributed by atoms with Gasteiger partial charge in [-0.3, -0.25) is 14.5 Å². The average molecular weight is 569 g/mol. The van der Waals surface area contributed by atoms with Crippen molar-refractivity contribution in [2.45, 2.75) is 33.4 Å². The van der Waals surface area contributed by atoms with Crippen molar-refractivity contribution in [1.29, 1.82) is 0 Å². The molecule has 1 aromatic heterocycles.